The highest BCUT2D eigenvalue weighted by molar-refractivity contribution is 5.89. The van der Waals surface area contributed by atoms with Crippen LogP contribution < -0.4 is 10.6 Å². The summed E-state index contributed by atoms with van der Waals surface area (Å²) in [4.78, 5) is 46.4. The van der Waals surface area contributed by atoms with Crippen molar-refractivity contribution in [1.82, 2.24) is 10.6 Å². The molecule has 1 atom stereocenters. The molecule has 0 saturated carbocycles. The average molecular weight is 490 g/mol. The van der Waals surface area contributed by atoms with Crippen molar-refractivity contribution in [2.24, 2.45) is 0 Å². The monoisotopic (exact) mass is 490 g/mol. The van der Waals surface area contributed by atoms with Crippen molar-refractivity contribution in [2.75, 3.05) is 20.3 Å². The van der Waals surface area contributed by atoms with Gasteiger partial charge in [-0.3, -0.25) is 9.59 Å². The molecule has 2 aromatic carbocycles. The lowest BCUT2D eigenvalue weighted by Crippen LogP contribution is -2.52. The van der Waals surface area contributed by atoms with Crippen molar-refractivity contribution >= 4 is 23.9 Å². The number of methoxy groups -OCH3 is 1. The Morgan fingerprint density at radius 2 is 1.60 bits per heavy atom. The Kier molecular flexibility index (Phi) is 8.00. The Morgan fingerprint density at radius 1 is 1.03 bits per heavy atom. The number of alkyl carbamates (subject to hydrolysis) is 1. The van der Waals surface area contributed by atoms with Crippen LogP contribution in [-0.2, 0) is 23.9 Å². The van der Waals surface area contributed by atoms with E-state index in [1.165, 1.54) is 0 Å². The number of esters is 1. The number of amides is 2. The smallest absolute Gasteiger partial charge is 0.407 e. The number of hydrogen-bond donors (Lipinski definition) is 3. The Labute approximate surface area is 199 Å². The third kappa shape index (κ3) is 6.11. The number of carboxylic acid groups (broad SMARTS) is 1. The van der Waals surface area contributed by atoms with E-state index >= 15 is 0 Å². The first kappa shape index (κ1) is 25.6. The molecule has 9 nitrogen and oxygen atoms in total. The number of rotatable bonds is 10. The van der Waals surface area contributed by atoms with Crippen LogP contribution in [0.2, 0.25) is 0 Å². The molecule has 1 aliphatic rings. The average Bonchev–Trinajstić information content (AvgIpc) is 3.17. The first-order valence-corrected chi connectivity index (χ1v) is 10.7. The van der Waals surface area contributed by atoms with Crippen LogP contribution in [-0.4, -0.2) is 61.3 Å². The number of alkyl halides is 2. The van der Waals surface area contributed by atoms with Crippen LogP contribution in [0.25, 0.3) is 11.1 Å². The van der Waals surface area contributed by atoms with Crippen molar-refractivity contribution in [1.29, 1.82) is 0 Å². The maximum absolute atomic E-state index is 14.2. The van der Waals surface area contributed by atoms with Crippen LogP contribution in [0.1, 0.15) is 29.9 Å². The summed E-state index contributed by atoms with van der Waals surface area (Å²) in [7, 11) is 1.08. The van der Waals surface area contributed by atoms with Crippen LogP contribution >= 0.6 is 0 Å². The molecule has 1 unspecified atom stereocenters. The molecule has 2 aromatic rings. The zero-order valence-electron chi connectivity index (χ0n) is 18.8. The summed E-state index contributed by atoms with van der Waals surface area (Å²) in [6.07, 6.45) is -1.99. The highest BCUT2D eigenvalue weighted by Gasteiger charge is 2.41. The molecule has 3 N–H and O–H groups in total. The van der Waals surface area contributed by atoms with E-state index in [0.29, 0.717) is 0 Å². The number of hydrogen-bond acceptors (Lipinski definition) is 6. The van der Waals surface area contributed by atoms with E-state index in [-0.39, 0.29) is 12.5 Å². The molecule has 0 fully saturated rings. The molecule has 0 radical (unpaired) electrons. The van der Waals surface area contributed by atoms with Crippen LogP contribution in [0.5, 0.6) is 0 Å². The Hall–Kier alpha value is -4.02. The van der Waals surface area contributed by atoms with Gasteiger partial charge in [0.15, 0.2) is 0 Å². The summed E-state index contributed by atoms with van der Waals surface area (Å²) < 4.78 is 38.0. The molecule has 2 amide bonds. The number of carbonyl (C=O) groups excluding carboxylic acids is 3. The molecular weight excluding hydrogens is 466 g/mol. The standard InChI is InChI=1S/C24H24F2N2O7/c1-34-20(29)11-10-19(21(30)31)28-22(32)24(25,26)13-27-23(33)35-12-18-16-8-4-2-6-14(16)15-7-3-5-9-17(15)18/h2-9,18-19H,10-13H2,1H3,(H,27,33)(H,28,32)(H,30,31). The number of aliphatic carboxylic acids is 1. The topological polar surface area (TPSA) is 131 Å². The van der Waals surface area contributed by atoms with Gasteiger partial charge in [-0.15, -0.1) is 0 Å². The van der Waals surface area contributed by atoms with Gasteiger partial charge in [-0.2, -0.15) is 8.78 Å². The van der Waals surface area contributed by atoms with Gasteiger partial charge < -0.3 is 25.2 Å². The highest BCUT2D eigenvalue weighted by atomic mass is 19.3. The second-order valence-corrected chi connectivity index (χ2v) is 7.86. The van der Waals surface area contributed by atoms with Crippen LogP contribution in [0.4, 0.5) is 13.6 Å². The summed E-state index contributed by atoms with van der Waals surface area (Å²) in [6, 6.07) is 13.5. The van der Waals surface area contributed by atoms with Gasteiger partial charge in [0.05, 0.1) is 13.7 Å². The SMILES string of the molecule is COC(=O)CCC(NC(=O)C(F)(F)CNC(=O)OCC1c2ccccc2-c2ccccc21)C(=O)O. The Balaban J connectivity index is 1.54. The lowest BCUT2D eigenvalue weighted by atomic mass is 9.98. The maximum Gasteiger partial charge on any atom is 0.407 e. The first-order chi connectivity index (χ1) is 16.6. The van der Waals surface area contributed by atoms with Gasteiger partial charge in [-0.25, -0.2) is 9.59 Å². The lowest BCUT2D eigenvalue weighted by Gasteiger charge is -2.20. The van der Waals surface area contributed by atoms with E-state index in [0.717, 1.165) is 29.4 Å². The van der Waals surface area contributed by atoms with Gasteiger partial charge in [0.2, 0.25) is 0 Å². The number of benzene rings is 2. The molecule has 0 aromatic heterocycles. The fourth-order valence-corrected chi connectivity index (χ4v) is 3.80. The molecule has 0 heterocycles. The minimum absolute atomic E-state index is 0.105. The van der Waals surface area contributed by atoms with Gasteiger partial charge in [-0.05, 0) is 28.7 Å². The summed E-state index contributed by atoms with van der Waals surface area (Å²) in [5.74, 6) is -8.65. The number of nitrogens with one attached hydrogen (secondary N) is 2. The second kappa shape index (κ2) is 10.9. The summed E-state index contributed by atoms with van der Waals surface area (Å²) in [5.41, 5.74) is 3.89. The molecule has 186 valence electrons. The van der Waals surface area contributed by atoms with Crippen LogP contribution in [0, 0.1) is 0 Å². The third-order valence-electron chi connectivity index (χ3n) is 5.60. The van der Waals surface area contributed by atoms with Gasteiger partial charge in [-0.1, -0.05) is 48.5 Å². The highest BCUT2D eigenvalue weighted by Crippen LogP contribution is 2.44. The number of carbonyl (C=O) groups is 4. The predicted octanol–water partition coefficient (Wildman–Crippen LogP) is 2.68. The number of ether oxygens (including phenoxy) is 2. The minimum atomic E-state index is -4.12. The predicted molar refractivity (Wildman–Crippen MR) is 119 cm³/mol. The molecule has 0 saturated heterocycles. The second-order valence-electron chi connectivity index (χ2n) is 7.86. The zero-order chi connectivity index (χ0) is 25.6. The van der Waals surface area contributed by atoms with Crippen molar-refractivity contribution in [2.45, 2.75) is 30.7 Å². The van der Waals surface area contributed by atoms with Crippen molar-refractivity contribution in [3.8, 4) is 11.1 Å². The van der Waals surface area contributed by atoms with Gasteiger partial charge >= 0.3 is 24.0 Å². The molecule has 11 heteroatoms. The van der Waals surface area contributed by atoms with Crippen molar-refractivity contribution in [3.63, 3.8) is 0 Å². The van der Waals surface area contributed by atoms with Crippen molar-refractivity contribution < 1.29 is 42.5 Å². The maximum atomic E-state index is 14.2. The summed E-state index contributed by atoms with van der Waals surface area (Å²) in [6.45, 7) is -1.51. The third-order valence-corrected chi connectivity index (χ3v) is 5.60. The van der Waals surface area contributed by atoms with Gasteiger partial charge in [0.25, 0.3) is 5.91 Å². The fraction of sp³-hybridized carbons (Fsp3) is 0.333. The molecular formula is C24H24F2N2O7. The fourth-order valence-electron chi connectivity index (χ4n) is 3.80. The number of halogens is 2. The lowest BCUT2D eigenvalue weighted by molar-refractivity contribution is -0.151. The Morgan fingerprint density at radius 3 is 2.14 bits per heavy atom. The van der Waals surface area contributed by atoms with E-state index in [2.05, 4.69) is 4.74 Å². The largest absolute Gasteiger partial charge is 0.480 e. The minimum Gasteiger partial charge on any atom is -0.480 e. The van der Waals surface area contributed by atoms with Gasteiger partial charge in [0, 0.05) is 12.3 Å². The van der Waals surface area contributed by atoms with Crippen molar-refractivity contribution in [3.05, 3.63) is 59.7 Å². The van der Waals surface area contributed by atoms with E-state index in [9.17, 15) is 28.0 Å². The van der Waals surface area contributed by atoms with Gasteiger partial charge in [0.1, 0.15) is 12.6 Å². The molecule has 0 spiro atoms. The van der Waals surface area contributed by atoms with E-state index < -0.39 is 55.3 Å². The van der Waals surface area contributed by atoms with E-state index in [1.807, 2.05) is 53.8 Å². The number of carboxylic acids is 1. The molecule has 35 heavy (non-hydrogen) atoms. The molecule has 0 aliphatic heterocycles. The Bertz CT molecular complexity index is 1080. The molecule has 0 bridgehead atoms. The number of fused-ring (bicyclic) bond motifs is 3. The van der Waals surface area contributed by atoms with Crippen LogP contribution in [0.15, 0.2) is 48.5 Å². The normalized spacial score (nSPS) is 13.2. The van der Waals surface area contributed by atoms with Crippen LogP contribution in [0.3, 0.4) is 0 Å². The molecule has 1 aliphatic carbocycles. The first-order valence-electron chi connectivity index (χ1n) is 10.7. The zero-order valence-corrected chi connectivity index (χ0v) is 18.8. The molecule has 3 rings (SSSR count). The van der Waals surface area contributed by atoms with E-state index in [4.69, 9.17) is 9.84 Å². The quantitative estimate of drug-likeness (QED) is 0.437. The summed E-state index contributed by atoms with van der Waals surface area (Å²) in [5, 5.41) is 12.6. The van der Waals surface area contributed by atoms with E-state index in [1.54, 1.807) is 5.32 Å². The summed E-state index contributed by atoms with van der Waals surface area (Å²) >= 11 is 0.